The minimum atomic E-state index is 1.10. The van der Waals surface area contributed by atoms with Crippen molar-refractivity contribution in [2.24, 2.45) is 0 Å². The molecule has 142 valence electrons. The van der Waals surface area contributed by atoms with E-state index in [9.17, 15) is 0 Å². The zero-order valence-corrected chi connectivity index (χ0v) is 17.1. The fourth-order valence-corrected chi connectivity index (χ4v) is 5.41. The molecule has 5 aromatic carbocycles. The van der Waals surface area contributed by atoms with E-state index in [-0.39, 0.29) is 0 Å². The molecule has 0 saturated carbocycles. The topological polar surface area (TPSA) is 12.0 Å². The Morgan fingerprint density at radius 1 is 0.567 bits per heavy atom. The van der Waals surface area contributed by atoms with Crippen LogP contribution in [0, 0.1) is 0 Å². The smallest absolute Gasteiger partial charge is 0.0590 e. The van der Waals surface area contributed by atoms with Gasteiger partial charge >= 0.3 is 0 Å². The summed E-state index contributed by atoms with van der Waals surface area (Å²) in [6.07, 6.45) is 0. The van der Waals surface area contributed by atoms with E-state index in [1.54, 1.807) is 0 Å². The molecule has 0 bridgehead atoms. The zero-order chi connectivity index (χ0) is 19.9. The summed E-state index contributed by atoms with van der Waals surface area (Å²) in [7, 11) is 0. The molecule has 1 heterocycles. The van der Waals surface area contributed by atoms with Crippen LogP contribution in [0.2, 0.25) is 0 Å². The molecule has 0 saturated heterocycles. The maximum Gasteiger partial charge on any atom is 0.0590 e. The van der Waals surface area contributed by atoms with Gasteiger partial charge in [0, 0.05) is 21.2 Å². The van der Waals surface area contributed by atoms with Crippen LogP contribution in [0.25, 0.3) is 42.1 Å². The average molecular weight is 402 g/mol. The largest absolute Gasteiger partial charge is 0.354 e. The van der Waals surface area contributed by atoms with Crippen molar-refractivity contribution in [2.75, 3.05) is 5.32 Å². The van der Waals surface area contributed by atoms with Crippen molar-refractivity contribution in [1.82, 2.24) is 0 Å². The molecule has 0 amide bonds. The lowest BCUT2D eigenvalue weighted by Gasteiger charge is -2.11. The summed E-state index contributed by atoms with van der Waals surface area (Å²) in [5.41, 5.74) is 4.74. The summed E-state index contributed by atoms with van der Waals surface area (Å²) >= 11 is 1.85. The Balaban J connectivity index is 1.44. The van der Waals surface area contributed by atoms with Gasteiger partial charge in [0.05, 0.1) is 10.4 Å². The lowest BCUT2D eigenvalue weighted by Crippen LogP contribution is -1.91. The van der Waals surface area contributed by atoms with Crippen LogP contribution >= 0.6 is 11.3 Å². The molecule has 0 radical (unpaired) electrons. The van der Waals surface area contributed by atoms with Crippen LogP contribution in [-0.2, 0) is 0 Å². The van der Waals surface area contributed by atoms with Gasteiger partial charge in [-0.05, 0) is 46.2 Å². The normalized spacial score (nSPS) is 11.3. The van der Waals surface area contributed by atoms with Crippen molar-refractivity contribution < 1.29 is 0 Å². The van der Waals surface area contributed by atoms with Crippen LogP contribution in [0.1, 0.15) is 0 Å². The molecule has 1 nitrogen and oxygen atoms in total. The Labute approximate surface area is 179 Å². The van der Waals surface area contributed by atoms with Crippen LogP contribution in [0.15, 0.2) is 109 Å². The van der Waals surface area contributed by atoms with Crippen molar-refractivity contribution in [2.45, 2.75) is 0 Å². The predicted molar refractivity (Wildman–Crippen MR) is 132 cm³/mol. The SMILES string of the molecule is c1cc(Nc2cccc3c2sc2ccccc23)cc(-c2cccc3ccccc23)c1. The fraction of sp³-hybridized carbons (Fsp3) is 0. The Morgan fingerprint density at radius 3 is 2.27 bits per heavy atom. The van der Waals surface area contributed by atoms with Crippen molar-refractivity contribution in [3.63, 3.8) is 0 Å². The molecule has 0 aliphatic heterocycles. The van der Waals surface area contributed by atoms with Gasteiger partial charge < -0.3 is 5.32 Å². The van der Waals surface area contributed by atoms with Gasteiger partial charge in [-0.3, -0.25) is 0 Å². The van der Waals surface area contributed by atoms with E-state index < -0.39 is 0 Å². The first kappa shape index (κ1) is 17.3. The number of hydrogen-bond donors (Lipinski definition) is 1. The molecule has 0 aliphatic carbocycles. The van der Waals surface area contributed by atoms with Gasteiger partial charge in [-0.15, -0.1) is 11.3 Å². The molecular weight excluding hydrogens is 382 g/mol. The number of nitrogens with one attached hydrogen (secondary N) is 1. The molecule has 30 heavy (non-hydrogen) atoms. The van der Waals surface area contributed by atoms with Crippen LogP contribution < -0.4 is 5.32 Å². The predicted octanol–water partition coefficient (Wildman–Crippen LogP) is 8.62. The van der Waals surface area contributed by atoms with Crippen molar-refractivity contribution in [3.05, 3.63) is 109 Å². The Bertz CT molecular complexity index is 1520. The zero-order valence-electron chi connectivity index (χ0n) is 16.3. The van der Waals surface area contributed by atoms with E-state index in [0.717, 1.165) is 11.4 Å². The van der Waals surface area contributed by atoms with Crippen molar-refractivity contribution in [1.29, 1.82) is 0 Å². The number of anilines is 2. The highest BCUT2D eigenvalue weighted by Crippen LogP contribution is 2.39. The minimum absolute atomic E-state index is 1.10. The summed E-state index contributed by atoms with van der Waals surface area (Å²) < 4.78 is 2.63. The standard InChI is InChI=1S/C28H19NS/c1-2-12-22-19(8-1)9-6-14-23(22)20-10-5-11-21(18-20)29-26-16-7-15-25-24-13-3-4-17-27(24)30-28(25)26/h1-18,29H. The average Bonchev–Trinajstić information content (AvgIpc) is 3.19. The first-order valence-electron chi connectivity index (χ1n) is 10.1. The lowest BCUT2D eigenvalue weighted by molar-refractivity contribution is 1.58. The third-order valence-electron chi connectivity index (χ3n) is 5.65. The highest BCUT2D eigenvalue weighted by Gasteiger charge is 2.09. The fourth-order valence-electron chi connectivity index (χ4n) is 4.24. The van der Waals surface area contributed by atoms with Crippen molar-refractivity contribution in [3.8, 4) is 11.1 Å². The first-order chi connectivity index (χ1) is 14.9. The Kier molecular flexibility index (Phi) is 4.03. The van der Waals surface area contributed by atoms with Crippen LogP contribution in [0.3, 0.4) is 0 Å². The molecule has 0 atom stereocenters. The molecule has 2 heteroatoms. The van der Waals surface area contributed by atoms with Gasteiger partial charge in [0.15, 0.2) is 0 Å². The number of fused-ring (bicyclic) bond motifs is 4. The second kappa shape index (κ2) is 7.01. The Morgan fingerprint density at radius 2 is 1.30 bits per heavy atom. The number of thiophene rings is 1. The summed E-state index contributed by atoms with van der Waals surface area (Å²) in [4.78, 5) is 0. The molecule has 0 fully saturated rings. The van der Waals surface area contributed by atoms with Gasteiger partial charge in [0.25, 0.3) is 0 Å². The van der Waals surface area contributed by atoms with Gasteiger partial charge in [-0.1, -0.05) is 84.9 Å². The number of rotatable bonds is 3. The quantitative estimate of drug-likeness (QED) is 0.313. The van der Waals surface area contributed by atoms with E-state index in [4.69, 9.17) is 0 Å². The number of benzene rings is 5. The van der Waals surface area contributed by atoms with Gasteiger partial charge in [-0.2, -0.15) is 0 Å². The third kappa shape index (κ3) is 2.85. The van der Waals surface area contributed by atoms with E-state index in [1.165, 1.54) is 42.1 Å². The maximum atomic E-state index is 3.68. The molecule has 1 N–H and O–H groups in total. The van der Waals surface area contributed by atoms with Crippen LogP contribution in [0.4, 0.5) is 11.4 Å². The highest BCUT2D eigenvalue weighted by atomic mass is 32.1. The molecule has 1 aromatic heterocycles. The number of hydrogen-bond acceptors (Lipinski definition) is 2. The monoisotopic (exact) mass is 401 g/mol. The van der Waals surface area contributed by atoms with E-state index in [0.29, 0.717) is 0 Å². The molecular formula is C28H19NS. The minimum Gasteiger partial charge on any atom is -0.354 e. The van der Waals surface area contributed by atoms with E-state index in [2.05, 4.69) is 115 Å². The van der Waals surface area contributed by atoms with E-state index in [1.807, 2.05) is 11.3 Å². The summed E-state index contributed by atoms with van der Waals surface area (Å²) in [5, 5.41) is 8.86. The summed E-state index contributed by atoms with van der Waals surface area (Å²) in [6.45, 7) is 0. The van der Waals surface area contributed by atoms with E-state index >= 15 is 0 Å². The molecule has 6 aromatic rings. The van der Waals surface area contributed by atoms with Crippen LogP contribution in [0.5, 0.6) is 0 Å². The lowest BCUT2D eigenvalue weighted by atomic mass is 9.98. The second-order valence-electron chi connectivity index (χ2n) is 7.51. The van der Waals surface area contributed by atoms with Crippen LogP contribution in [-0.4, -0.2) is 0 Å². The molecule has 6 rings (SSSR count). The van der Waals surface area contributed by atoms with Gasteiger partial charge in [0.1, 0.15) is 0 Å². The maximum absolute atomic E-state index is 3.68. The molecule has 0 unspecified atom stereocenters. The highest BCUT2D eigenvalue weighted by molar-refractivity contribution is 7.26. The second-order valence-corrected chi connectivity index (χ2v) is 8.57. The van der Waals surface area contributed by atoms with Gasteiger partial charge in [-0.25, -0.2) is 0 Å². The Hall–Kier alpha value is -3.62. The summed E-state index contributed by atoms with van der Waals surface area (Å²) in [6, 6.07) is 38.9. The first-order valence-corrected chi connectivity index (χ1v) is 10.9. The van der Waals surface area contributed by atoms with Gasteiger partial charge in [0.2, 0.25) is 0 Å². The molecule has 0 spiro atoms. The van der Waals surface area contributed by atoms with Crippen molar-refractivity contribution >= 4 is 53.7 Å². The molecule has 0 aliphatic rings. The summed E-state index contributed by atoms with van der Waals surface area (Å²) in [5.74, 6) is 0. The third-order valence-corrected chi connectivity index (χ3v) is 6.87.